The van der Waals surface area contributed by atoms with Gasteiger partial charge in [0.2, 0.25) is 5.91 Å². The van der Waals surface area contributed by atoms with Gasteiger partial charge >= 0.3 is 0 Å². The third-order valence-electron chi connectivity index (χ3n) is 3.83. The Hall–Kier alpha value is -3.48. The number of nitrogens with one attached hydrogen (secondary N) is 2. The summed E-state index contributed by atoms with van der Waals surface area (Å²) < 4.78 is 9.89. The molecular weight excluding hydrogens is 390 g/mol. The summed E-state index contributed by atoms with van der Waals surface area (Å²) in [5.41, 5.74) is 10.8. The van der Waals surface area contributed by atoms with Gasteiger partial charge in [0.25, 0.3) is 0 Å². The van der Waals surface area contributed by atoms with Gasteiger partial charge in [0.05, 0.1) is 18.9 Å². The molecule has 3 rings (SSSR count). The van der Waals surface area contributed by atoms with Crippen molar-refractivity contribution < 1.29 is 14.3 Å². The summed E-state index contributed by atoms with van der Waals surface area (Å²) in [5.74, 6) is -0.0560. The van der Waals surface area contributed by atoms with Gasteiger partial charge in [-0.3, -0.25) is 4.79 Å². The van der Waals surface area contributed by atoms with Crippen LogP contribution in [0.25, 0.3) is 0 Å². The first-order valence-corrected chi connectivity index (χ1v) is 9.66. The van der Waals surface area contributed by atoms with Gasteiger partial charge in [-0.05, 0) is 53.1 Å². The van der Waals surface area contributed by atoms with Crippen LogP contribution >= 0.6 is 0 Å². The summed E-state index contributed by atoms with van der Waals surface area (Å²) in [6, 6.07) is 15.2. The zero-order valence-electron chi connectivity index (χ0n) is 18.4. The molecule has 2 aromatic rings. The minimum absolute atomic E-state index is 0.0560. The summed E-state index contributed by atoms with van der Waals surface area (Å²) in [5, 5.41) is 9.76. The zero-order valence-corrected chi connectivity index (χ0v) is 18.4. The lowest BCUT2D eigenvalue weighted by molar-refractivity contribution is -0.114. The molecule has 1 aliphatic carbocycles. The number of hydrogen-bond acceptors (Lipinski definition) is 5. The number of nitrogen functional groups attached to an aromatic ring is 1. The quantitative estimate of drug-likeness (QED) is 0.599. The fraction of sp³-hybridized carbons (Fsp3) is 0.200. The van der Waals surface area contributed by atoms with Crippen LogP contribution in [0.5, 0.6) is 0 Å². The Kier molecular flexibility index (Phi) is 11.9. The van der Waals surface area contributed by atoms with Crippen LogP contribution in [0.15, 0.2) is 85.0 Å². The van der Waals surface area contributed by atoms with Crippen molar-refractivity contribution in [3.05, 3.63) is 96.1 Å². The van der Waals surface area contributed by atoms with Crippen LogP contribution < -0.4 is 11.1 Å². The highest BCUT2D eigenvalue weighted by atomic mass is 16.5. The second-order valence-corrected chi connectivity index (χ2v) is 6.68. The maximum atomic E-state index is 10.7. The minimum Gasteiger partial charge on any atom is -0.399 e. The number of anilines is 2. The fourth-order valence-electron chi connectivity index (χ4n) is 2.34. The Bertz CT molecular complexity index is 861. The first-order chi connectivity index (χ1) is 14.8. The SMILES string of the molecule is C=C1C=CC(=N)C=C1.COCc1ccc(N)cc1.COCc1ccc(NC(C)=O)cc1. The molecule has 2 aromatic carbocycles. The third-order valence-corrected chi connectivity index (χ3v) is 3.83. The molecule has 0 heterocycles. The maximum absolute atomic E-state index is 10.7. The second kappa shape index (κ2) is 14.5. The standard InChI is InChI=1S/C10H13NO2.C8H11NO.C7H7N/c1-8(12)11-10-5-3-9(4-6-10)7-13-2;1-10-6-7-2-4-8(9)5-3-7;1-6-2-4-7(8)5-3-6/h3-6H,7H2,1-2H3,(H,11,12);2-5H,6,9H2,1H3;2-5,8H,1H2. The van der Waals surface area contributed by atoms with Crippen LogP contribution in [-0.4, -0.2) is 25.8 Å². The molecule has 0 aromatic heterocycles. The highest BCUT2D eigenvalue weighted by molar-refractivity contribution is 6.03. The lowest BCUT2D eigenvalue weighted by atomic mass is 10.1. The van der Waals surface area contributed by atoms with Gasteiger partial charge < -0.3 is 25.9 Å². The predicted octanol–water partition coefficient (Wildman–Crippen LogP) is 4.89. The maximum Gasteiger partial charge on any atom is 0.221 e. The number of methoxy groups -OCH3 is 2. The van der Waals surface area contributed by atoms with E-state index >= 15 is 0 Å². The molecule has 4 N–H and O–H groups in total. The van der Waals surface area contributed by atoms with Gasteiger partial charge in [0.15, 0.2) is 0 Å². The van der Waals surface area contributed by atoms with Crippen LogP contribution in [-0.2, 0) is 27.5 Å². The topological polar surface area (TPSA) is 97.4 Å². The van der Waals surface area contributed by atoms with Crippen LogP contribution in [0.4, 0.5) is 11.4 Å². The Labute approximate surface area is 184 Å². The van der Waals surface area contributed by atoms with E-state index in [1.165, 1.54) is 6.92 Å². The van der Waals surface area contributed by atoms with E-state index in [0.717, 1.165) is 28.1 Å². The highest BCUT2D eigenvalue weighted by Crippen LogP contribution is 2.09. The Balaban J connectivity index is 0.000000240. The van der Waals surface area contributed by atoms with Crippen molar-refractivity contribution in [3.63, 3.8) is 0 Å². The molecule has 0 atom stereocenters. The minimum atomic E-state index is -0.0560. The molecule has 1 aliphatic rings. The molecule has 6 nitrogen and oxygen atoms in total. The van der Waals surface area contributed by atoms with Crippen LogP contribution in [0.2, 0.25) is 0 Å². The molecular formula is C25H31N3O3. The molecule has 6 heteroatoms. The fourth-order valence-corrected chi connectivity index (χ4v) is 2.34. The molecule has 0 radical (unpaired) electrons. The van der Waals surface area contributed by atoms with E-state index in [1.807, 2.05) is 60.7 Å². The normalized spacial score (nSPS) is 11.7. The molecule has 31 heavy (non-hydrogen) atoms. The lowest BCUT2D eigenvalue weighted by Gasteiger charge is -2.03. The average molecular weight is 422 g/mol. The van der Waals surface area contributed by atoms with Crippen molar-refractivity contribution >= 4 is 23.0 Å². The second-order valence-electron chi connectivity index (χ2n) is 6.68. The van der Waals surface area contributed by atoms with Crippen LogP contribution in [0.1, 0.15) is 18.1 Å². The van der Waals surface area contributed by atoms with Crippen LogP contribution in [0, 0.1) is 5.41 Å². The Morgan fingerprint density at radius 3 is 1.74 bits per heavy atom. The first-order valence-electron chi connectivity index (χ1n) is 9.66. The van der Waals surface area contributed by atoms with Crippen molar-refractivity contribution in [2.45, 2.75) is 20.1 Å². The number of rotatable bonds is 5. The Morgan fingerprint density at radius 1 is 0.903 bits per heavy atom. The molecule has 164 valence electrons. The lowest BCUT2D eigenvalue weighted by Crippen LogP contribution is -2.05. The van der Waals surface area contributed by atoms with E-state index in [0.29, 0.717) is 18.9 Å². The van der Waals surface area contributed by atoms with Gasteiger partial charge in [-0.25, -0.2) is 0 Å². The summed E-state index contributed by atoms with van der Waals surface area (Å²) in [6.07, 6.45) is 7.09. The smallest absolute Gasteiger partial charge is 0.221 e. The third kappa shape index (κ3) is 12.0. The molecule has 0 aliphatic heterocycles. The number of hydrogen-bond donors (Lipinski definition) is 3. The van der Waals surface area contributed by atoms with Crippen molar-refractivity contribution in [2.24, 2.45) is 0 Å². The van der Waals surface area contributed by atoms with Gasteiger partial charge in [-0.1, -0.05) is 43.0 Å². The number of benzene rings is 2. The highest BCUT2D eigenvalue weighted by Gasteiger charge is 1.95. The van der Waals surface area contributed by atoms with E-state index in [4.69, 9.17) is 20.6 Å². The van der Waals surface area contributed by atoms with Gasteiger partial charge in [-0.15, -0.1) is 0 Å². The van der Waals surface area contributed by atoms with Gasteiger partial charge in [0.1, 0.15) is 0 Å². The molecule has 0 saturated heterocycles. The van der Waals surface area contributed by atoms with Gasteiger partial charge in [-0.2, -0.15) is 0 Å². The monoisotopic (exact) mass is 421 g/mol. The van der Waals surface area contributed by atoms with E-state index in [2.05, 4.69) is 11.9 Å². The van der Waals surface area contributed by atoms with E-state index in [9.17, 15) is 4.79 Å². The van der Waals surface area contributed by atoms with Crippen molar-refractivity contribution in [3.8, 4) is 0 Å². The zero-order chi connectivity index (χ0) is 23.1. The van der Waals surface area contributed by atoms with E-state index < -0.39 is 0 Å². The molecule has 0 spiro atoms. The molecule has 1 amide bonds. The predicted molar refractivity (Wildman–Crippen MR) is 128 cm³/mol. The van der Waals surface area contributed by atoms with Crippen molar-refractivity contribution in [2.75, 3.05) is 25.3 Å². The Morgan fingerprint density at radius 2 is 1.35 bits per heavy atom. The summed E-state index contributed by atoms with van der Waals surface area (Å²) in [4.78, 5) is 10.7. The summed E-state index contributed by atoms with van der Waals surface area (Å²) in [7, 11) is 3.33. The largest absolute Gasteiger partial charge is 0.399 e. The first kappa shape index (κ1) is 25.6. The number of allylic oxidation sites excluding steroid dienone is 5. The number of ether oxygens (including phenoxy) is 2. The number of carbonyl (C=O) groups is 1. The van der Waals surface area contributed by atoms with E-state index in [1.54, 1.807) is 26.4 Å². The number of amides is 1. The van der Waals surface area contributed by atoms with Crippen LogP contribution in [0.3, 0.4) is 0 Å². The number of nitrogens with two attached hydrogens (primary N) is 1. The van der Waals surface area contributed by atoms with Gasteiger partial charge in [0, 0.05) is 32.5 Å². The van der Waals surface area contributed by atoms with E-state index in [-0.39, 0.29) is 5.91 Å². The molecule has 0 saturated carbocycles. The molecule has 0 unspecified atom stereocenters. The van der Waals surface area contributed by atoms with Crippen molar-refractivity contribution in [1.82, 2.24) is 0 Å². The van der Waals surface area contributed by atoms with Crippen molar-refractivity contribution in [1.29, 1.82) is 5.41 Å². The number of carbonyl (C=O) groups excluding carboxylic acids is 1. The molecule has 0 fully saturated rings. The molecule has 0 bridgehead atoms. The average Bonchev–Trinajstić information content (AvgIpc) is 2.74. The summed E-state index contributed by atoms with van der Waals surface area (Å²) in [6.45, 7) is 6.42. The summed E-state index contributed by atoms with van der Waals surface area (Å²) >= 11 is 0.